The Balaban J connectivity index is 1.96. The van der Waals surface area contributed by atoms with Crippen LogP contribution in [0.25, 0.3) is 0 Å². The molecule has 5 nitrogen and oxygen atoms in total. The molecule has 0 bridgehead atoms. The van der Waals surface area contributed by atoms with Gasteiger partial charge in [-0.1, -0.05) is 67.3 Å². The summed E-state index contributed by atoms with van der Waals surface area (Å²) >= 11 is 2.72. The van der Waals surface area contributed by atoms with Gasteiger partial charge in [0, 0.05) is 6.54 Å². The number of hydrogen-bond acceptors (Lipinski definition) is 6. The summed E-state index contributed by atoms with van der Waals surface area (Å²) < 4.78 is 0.723. The molecule has 7 heteroatoms. The van der Waals surface area contributed by atoms with E-state index in [1.807, 2.05) is 44.2 Å². The molecule has 1 aromatic heterocycles. The largest absolute Gasteiger partial charge is 0.374 e. The highest BCUT2D eigenvalue weighted by molar-refractivity contribution is 8.02. The molecule has 0 unspecified atom stereocenters. The lowest BCUT2D eigenvalue weighted by Gasteiger charge is -2.18. The van der Waals surface area contributed by atoms with E-state index in [-0.39, 0.29) is 17.1 Å². The zero-order valence-corrected chi connectivity index (χ0v) is 13.6. The summed E-state index contributed by atoms with van der Waals surface area (Å²) in [5.74, 6) is 0.198. The van der Waals surface area contributed by atoms with Gasteiger partial charge in [0.2, 0.25) is 11.0 Å². The molecule has 21 heavy (non-hydrogen) atoms. The van der Waals surface area contributed by atoms with Crippen LogP contribution in [0.3, 0.4) is 0 Å². The van der Waals surface area contributed by atoms with Gasteiger partial charge in [0.25, 0.3) is 0 Å². The Kier molecular flexibility index (Phi) is 5.58. The highest BCUT2D eigenvalue weighted by Crippen LogP contribution is 2.31. The zero-order chi connectivity index (χ0) is 15.2. The van der Waals surface area contributed by atoms with Gasteiger partial charge < -0.3 is 11.1 Å². The van der Waals surface area contributed by atoms with Crippen LogP contribution in [0.1, 0.15) is 19.4 Å². The number of nitrogens with zero attached hydrogens (tertiary/aromatic N) is 2. The maximum atomic E-state index is 12.4. The minimum Gasteiger partial charge on any atom is -0.374 e. The molecule has 112 valence electrons. The van der Waals surface area contributed by atoms with E-state index in [0.29, 0.717) is 11.7 Å². The minimum atomic E-state index is -0.207. The second-order valence-corrected chi connectivity index (χ2v) is 7.29. The van der Waals surface area contributed by atoms with Crippen LogP contribution in [0.2, 0.25) is 0 Å². The van der Waals surface area contributed by atoms with Crippen LogP contribution in [0.4, 0.5) is 5.13 Å². The number of thioether (sulfide) groups is 1. The van der Waals surface area contributed by atoms with Gasteiger partial charge in [-0.25, -0.2) is 0 Å². The van der Waals surface area contributed by atoms with Crippen molar-refractivity contribution < 1.29 is 4.79 Å². The minimum absolute atomic E-state index is 0.00706. The van der Waals surface area contributed by atoms with Crippen LogP contribution in [0.5, 0.6) is 0 Å². The van der Waals surface area contributed by atoms with E-state index >= 15 is 0 Å². The summed E-state index contributed by atoms with van der Waals surface area (Å²) in [7, 11) is 0. The number of nitrogens with two attached hydrogens (primary N) is 1. The molecule has 0 aliphatic rings. The highest BCUT2D eigenvalue weighted by atomic mass is 32.2. The van der Waals surface area contributed by atoms with E-state index in [0.717, 1.165) is 9.90 Å². The monoisotopic (exact) mass is 322 g/mol. The van der Waals surface area contributed by atoms with Crippen LogP contribution < -0.4 is 11.1 Å². The van der Waals surface area contributed by atoms with Crippen molar-refractivity contribution in [3.8, 4) is 0 Å². The quantitative estimate of drug-likeness (QED) is 0.799. The molecule has 0 fully saturated rings. The molecule has 0 saturated heterocycles. The SMILES string of the molecule is CC(C)[C@H](Sc1nnc(N)s1)C(=O)NCc1ccccc1. The van der Waals surface area contributed by atoms with Crippen LogP contribution in [-0.2, 0) is 11.3 Å². The van der Waals surface area contributed by atoms with E-state index in [9.17, 15) is 4.79 Å². The van der Waals surface area contributed by atoms with Crippen molar-refractivity contribution >= 4 is 34.1 Å². The number of rotatable bonds is 6. The van der Waals surface area contributed by atoms with Crippen LogP contribution in [0, 0.1) is 5.92 Å². The average molecular weight is 322 g/mol. The summed E-state index contributed by atoms with van der Waals surface area (Å²) in [6, 6.07) is 9.85. The number of benzene rings is 1. The van der Waals surface area contributed by atoms with Gasteiger partial charge in [-0.05, 0) is 11.5 Å². The van der Waals surface area contributed by atoms with Crippen molar-refractivity contribution in [2.75, 3.05) is 5.73 Å². The van der Waals surface area contributed by atoms with Crippen molar-refractivity contribution in [2.24, 2.45) is 5.92 Å². The Labute approximate surface area is 132 Å². The lowest BCUT2D eigenvalue weighted by molar-refractivity contribution is -0.121. The normalized spacial score (nSPS) is 12.3. The molecule has 1 amide bonds. The fraction of sp³-hybridized carbons (Fsp3) is 0.357. The number of carbonyl (C=O) groups is 1. The predicted molar refractivity (Wildman–Crippen MR) is 87.1 cm³/mol. The predicted octanol–water partition coefficient (Wildman–Crippen LogP) is 2.55. The van der Waals surface area contributed by atoms with Gasteiger partial charge in [0.05, 0.1) is 5.25 Å². The van der Waals surface area contributed by atoms with Gasteiger partial charge in [-0.3, -0.25) is 4.79 Å². The lowest BCUT2D eigenvalue weighted by atomic mass is 10.1. The summed E-state index contributed by atoms with van der Waals surface area (Å²) in [5, 5.41) is 10.9. The molecular weight excluding hydrogens is 304 g/mol. The fourth-order valence-electron chi connectivity index (χ4n) is 1.75. The van der Waals surface area contributed by atoms with Crippen molar-refractivity contribution in [3.63, 3.8) is 0 Å². The molecule has 0 radical (unpaired) electrons. The molecule has 0 aliphatic carbocycles. The summed E-state index contributed by atoms with van der Waals surface area (Å²) in [6.45, 7) is 4.57. The number of hydrogen-bond donors (Lipinski definition) is 2. The Morgan fingerprint density at radius 1 is 1.33 bits per heavy atom. The smallest absolute Gasteiger partial charge is 0.234 e. The second kappa shape index (κ2) is 7.42. The van der Waals surface area contributed by atoms with Crippen molar-refractivity contribution in [1.29, 1.82) is 0 Å². The van der Waals surface area contributed by atoms with Crippen molar-refractivity contribution in [1.82, 2.24) is 15.5 Å². The first-order chi connectivity index (χ1) is 10.1. The Hall–Kier alpha value is -1.60. The van der Waals surface area contributed by atoms with Crippen molar-refractivity contribution in [2.45, 2.75) is 30.0 Å². The van der Waals surface area contributed by atoms with Crippen LogP contribution in [-0.4, -0.2) is 21.4 Å². The average Bonchev–Trinajstić information content (AvgIpc) is 2.88. The van der Waals surface area contributed by atoms with Crippen LogP contribution >= 0.6 is 23.1 Å². The first kappa shape index (κ1) is 15.8. The molecule has 3 N–H and O–H groups in total. The van der Waals surface area contributed by atoms with Gasteiger partial charge >= 0.3 is 0 Å². The molecule has 0 aliphatic heterocycles. The van der Waals surface area contributed by atoms with E-state index in [1.54, 1.807) is 0 Å². The molecule has 0 spiro atoms. The number of aromatic nitrogens is 2. The molecule has 1 aromatic carbocycles. The first-order valence-corrected chi connectivity index (χ1v) is 8.33. The van der Waals surface area contributed by atoms with Gasteiger partial charge in [0.1, 0.15) is 0 Å². The number of nitrogens with one attached hydrogen (secondary N) is 1. The maximum absolute atomic E-state index is 12.4. The molecule has 2 aromatic rings. The fourth-order valence-corrected chi connectivity index (χ4v) is 3.62. The summed E-state index contributed by atoms with van der Waals surface area (Å²) in [5.41, 5.74) is 6.65. The second-order valence-electron chi connectivity index (χ2n) is 4.89. The zero-order valence-electron chi connectivity index (χ0n) is 11.9. The van der Waals surface area contributed by atoms with E-state index < -0.39 is 0 Å². The molecule has 1 atom stereocenters. The topological polar surface area (TPSA) is 80.9 Å². The first-order valence-electron chi connectivity index (χ1n) is 6.63. The lowest BCUT2D eigenvalue weighted by Crippen LogP contribution is -2.35. The van der Waals surface area contributed by atoms with E-state index in [4.69, 9.17) is 5.73 Å². The third-order valence-electron chi connectivity index (χ3n) is 2.82. The number of amides is 1. The summed E-state index contributed by atoms with van der Waals surface area (Å²) in [4.78, 5) is 12.4. The third-order valence-corrected chi connectivity index (χ3v) is 5.20. The third kappa shape index (κ3) is 4.71. The number of anilines is 1. The van der Waals surface area contributed by atoms with Crippen molar-refractivity contribution in [3.05, 3.63) is 35.9 Å². The maximum Gasteiger partial charge on any atom is 0.234 e. The Bertz CT molecular complexity index is 586. The van der Waals surface area contributed by atoms with Gasteiger partial charge in [-0.15, -0.1) is 10.2 Å². The number of nitrogen functional groups attached to an aromatic ring is 1. The number of carbonyl (C=O) groups excluding carboxylic acids is 1. The molecule has 0 saturated carbocycles. The van der Waals surface area contributed by atoms with Gasteiger partial charge in [0.15, 0.2) is 4.34 Å². The Morgan fingerprint density at radius 2 is 2.05 bits per heavy atom. The van der Waals surface area contributed by atoms with E-state index in [2.05, 4.69) is 15.5 Å². The molecule has 1 heterocycles. The summed E-state index contributed by atoms with van der Waals surface area (Å²) in [6.07, 6.45) is 0. The van der Waals surface area contributed by atoms with E-state index in [1.165, 1.54) is 23.1 Å². The highest BCUT2D eigenvalue weighted by Gasteiger charge is 2.24. The molecular formula is C14H18N4OS2. The van der Waals surface area contributed by atoms with Crippen LogP contribution in [0.15, 0.2) is 34.7 Å². The Morgan fingerprint density at radius 3 is 2.62 bits per heavy atom. The standard InChI is InChI=1S/C14H18N4OS2/c1-9(2)11(20-14-18-17-13(15)21-14)12(19)16-8-10-6-4-3-5-7-10/h3-7,9,11H,8H2,1-2H3,(H2,15,17)(H,16,19)/t11-/m0/s1. The molecule has 2 rings (SSSR count). The van der Waals surface area contributed by atoms with Gasteiger partial charge in [-0.2, -0.15) is 0 Å².